The van der Waals surface area contributed by atoms with Crippen LogP contribution in [-0.2, 0) is 19.0 Å². The molecule has 5 fully saturated rings. The molecule has 0 aromatic heterocycles. The van der Waals surface area contributed by atoms with Gasteiger partial charge in [0, 0.05) is 31.0 Å². The third-order valence-corrected chi connectivity index (χ3v) is 10.7. The van der Waals surface area contributed by atoms with Crippen LogP contribution in [0.1, 0.15) is 84.5 Å². The second-order valence-electron chi connectivity index (χ2n) is 12.6. The summed E-state index contributed by atoms with van der Waals surface area (Å²) >= 11 is 0. The van der Waals surface area contributed by atoms with Crippen LogP contribution in [0, 0.1) is 28.6 Å². The molecule has 0 spiro atoms. The van der Waals surface area contributed by atoms with Crippen molar-refractivity contribution in [3.63, 3.8) is 0 Å². The quantitative estimate of drug-likeness (QED) is 0.550. The zero-order chi connectivity index (χ0) is 24.6. The number of rotatable bonds is 6. The molecule has 5 aliphatic rings. The van der Waals surface area contributed by atoms with Crippen LogP contribution in [0.5, 0.6) is 0 Å². The molecule has 6 heteroatoms. The normalized spacial score (nSPS) is 41.0. The summed E-state index contributed by atoms with van der Waals surface area (Å²) in [6, 6.07) is 0. The summed E-state index contributed by atoms with van der Waals surface area (Å²) in [6.45, 7) is 12.8. The van der Waals surface area contributed by atoms with Gasteiger partial charge in [-0.25, -0.2) is 0 Å². The summed E-state index contributed by atoms with van der Waals surface area (Å²) in [7, 11) is 0. The fraction of sp³-hybridized carbons (Fsp3) is 0.897. The molecule has 1 amide bonds. The Morgan fingerprint density at radius 3 is 2.57 bits per heavy atom. The molecule has 6 atom stereocenters. The molecule has 3 aliphatic carbocycles. The van der Waals surface area contributed by atoms with Gasteiger partial charge in [-0.05, 0) is 75.0 Å². The molecule has 5 rings (SSSR count). The smallest absolute Gasteiger partial charge is 0.236 e. The zero-order valence-corrected chi connectivity index (χ0v) is 22.1. The zero-order valence-electron chi connectivity index (χ0n) is 22.1. The van der Waals surface area contributed by atoms with E-state index in [1.165, 1.54) is 44.1 Å². The Morgan fingerprint density at radius 2 is 1.86 bits per heavy atom. The van der Waals surface area contributed by atoms with Crippen molar-refractivity contribution in [3.8, 4) is 0 Å². The SMILES string of the molecule is C=C1CCC2[C@]3(C)CO[C@@H](C4CCCC4)O[C@@H]3CC[C@@]2(C)[C@@H]1CCOC1CCN(C(=O)CN)CC1. The molecule has 0 radical (unpaired) electrons. The van der Waals surface area contributed by atoms with Crippen LogP contribution in [0.25, 0.3) is 0 Å². The maximum Gasteiger partial charge on any atom is 0.236 e. The van der Waals surface area contributed by atoms with Crippen molar-refractivity contribution in [1.29, 1.82) is 0 Å². The molecule has 0 aromatic carbocycles. The maximum absolute atomic E-state index is 11.8. The number of nitrogens with two attached hydrogens (primary N) is 1. The summed E-state index contributed by atoms with van der Waals surface area (Å²) in [5.41, 5.74) is 7.25. The van der Waals surface area contributed by atoms with Crippen molar-refractivity contribution in [1.82, 2.24) is 4.90 Å². The van der Waals surface area contributed by atoms with Crippen LogP contribution in [0.15, 0.2) is 12.2 Å². The fourth-order valence-corrected chi connectivity index (χ4v) is 8.61. The number of fused-ring (bicyclic) bond motifs is 3. The number of amides is 1. The number of piperidine rings is 1. The van der Waals surface area contributed by atoms with Gasteiger partial charge in [-0.2, -0.15) is 0 Å². The number of nitrogens with zero attached hydrogens (tertiary/aromatic N) is 1. The van der Waals surface area contributed by atoms with Crippen LogP contribution in [0.4, 0.5) is 0 Å². The summed E-state index contributed by atoms with van der Waals surface area (Å²) in [5.74, 6) is 1.74. The molecule has 2 aliphatic heterocycles. The van der Waals surface area contributed by atoms with Crippen molar-refractivity contribution in [2.24, 2.45) is 34.3 Å². The van der Waals surface area contributed by atoms with Crippen LogP contribution < -0.4 is 5.73 Å². The first-order chi connectivity index (χ1) is 16.8. The summed E-state index contributed by atoms with van der Waals surface area (Å²) in [5, 5.41) is 0. The lowest BCUT2D eigenvalue weighted by atomic mass is 9.46. The molecule has 6 nitrogen and oxygen atoms in total. The highest BCUT2D eigenvalue weighted by Gasteiger charge is 2.60. The van der Waals surface area contributed by atoms with Crippen molar-refractivity contribution >= 4 is 5.91 Å². The topological polar surface area (TPSA) is 74.0 Å². The van der Waals surface area contributed by atoms with E-state index >= 15 is 0 Å². The van der Waals surface area contributed by atoms with Crippen LogP contribution in [0.3, 0.4) is 0 Å². The monoisotopic (exact) mass is 488 g/mol. The molecule has 198 valence electrons. The first-order valence-corrected chi connectivity index (χ1v) is 14.4. The number of ether oxygens (including phenoxy) is 3. The molecular weight excluding hydrogens is 440 g/mol. The van der Waals surface area contributed by atoms with E-state index in [0.717, 1.165) is 58.4 Å². The molecule has 1 unspecified atom stereocenters. The van der Waals surface area contributed by atoms with E-state index < -0.39 is 0 Å². The van der Waals surface area contributed by atoms with Gasteiger partial charge in [0.05, 0.1) is 25.4 Å². The van der Waals surface area contributed by atoms with Crippen molar-refractivity contribution < 1.29 is 19.0 Å². The molecular formula is C29H48N2O4. The number of carbonyl (C=O) groups is 1. The largest absolute Gasteiger partial charge is 0.378 e. The second-order valence-corrected chi connectivity index (χ2v) is 12.6. The molecule has 2 heterocycles. The minimum atomic E-state index is 0.0225. The van der Waals surface area contributed by atoms with Crippen LogP contribution >= 0.6 is 0 Å². The highest BCUT2D eigenvalue weighted by molar-refractivity contribution is 5.78. The van der Waals surface area contributed by atoms with E-state index in [-0.39, 0.29) is 35.7 Å². The number of likely N-dealkylation sites (tertiary alicyclic amines) is 1. The van der Waals surface area contributed by atoms with Gasteiger partial charge in [0.2, 0.25) is 5.91 Å². The minimum Gasteiger partial charge on any atom is -0.378 e. The summed E-state index contributed by atoms with van der Waals surface area (Å²) in [4.78, 5) is 13.7. The van der Waals surface area contributed by atoms with E-state index in [1.807, 2.05) is 4.90 Å². The molecule has 3 saturated carbocycles. The first-order valence-electron chi connectivity index (χ1n) is 14.4. The van der Waals surface area contributed by atoms with Gasteiger partial charge in [0.25, 0.3) is 0 Å². The molecule has 2 N–H and O–H groups in total. The number of allylic oxidation sites excluding steroid dienone is 1. The second kappa shape index (κ2) is 10.4. The fourth-order valence-electron chi connectivity index (χ4n) is 8.61. The number of carbonyl (C=O) groups excluding carboxylic acids is 1. The van der Waals surface area contributed by atoms with Gasteiger partial charge >= 0.3 is 0 Å². The summed E-state index contributed by atoms with van der Waals surface area (Å²) < 4.78 is 19.6. The van der Waals surface area contributed by atoms with Crippen LogP contribution in [0.2, 0.25) is 0 Å². The van der Waals surface area contributed by atoms with E-state index in [1.54, 1.807) is 0 Å². The molecule has 35 heavy (non-hydrogen) atoms. The Kier molecular flexibility index (Phi) is 7.66. The Morgan fingerprint density at radius 1 is 1.11 bits per heavy atom. The van der Waals surface area contributed by atoms with Crippen molar-refractivity contribution in [2.45, 2.75) is 103 Å². The third kappa shape index (κ3) is 4.85. The summed E-state index contributed by atoms with van der Waals surface area (Å²) in [6.07, 6.45) is 13.3. The molecule has 0 aromatic rings. The van der Waals surface area contributed by atoms with Crippen LogP contribution in [-0.4, -0.2) is 62.2 Å². The minimum absolute atomic E-state index is 0.0225. The first kappa shape index (κ1) is 25.7. The highest BCUT2D eigenvalue weighted by atomic mass is 16.7. The predicted octanol–water partition coefficient (Wildman–Crippen LogP) is 4.66. The third-order valence-electron chi connectivity index (χ3n) is 10.7. The van der Waals surface area contributed by atoms with Gasteiger partial charge in [-0.3, -0.25) is 4.79 Å². The lowest BCUT2D eigenvalue weighted by Crippen LogP contribution is -2.62. The number of hydrogen-bond donors (Lipinski definition) is 1. The van der Waals surface area contributed by atoms with Gasteiger partial charge in [0.15, 0.2) is 6.29 Å². The predicted molar refractivity (Wildman–Crippen MR) is 137 cm³/mol. The average molecular weight is 489 g/mol. The Bertz CT molecular complexity index is 775. The van der Waals surface area contributed by atoms with Crippen molar-refractivity contribution in [2.75, 3.05) is 32.8 Å². The van der Waals surface area contributed by atoms with E-state index in [9.17, 15) is 4.79 Å². The van der Waals surface area contributed by atoms with Gasteiger partial charge < -0.3 is 24.8 Å². The van der Waals surface area contributed by atoms with E-state index in [0.29, 0.717) is 23.9 Å². The molecule has 0 bridgehead atoms. The number of hydrogen-bond acceptors (Lipinski definition) is 5. The lowest BCUT2D eigenvalue weighted by molar-refractivity contribution is -0.316. The van der Waals surface area contributed by atoms with Crippen molar-refractivity contribution in [3.05, 3.63) is 12.2 Å². The van der Waals surface area contributed by atoms with E-state index in [4.69, 9.17) is 19.9 Å². The maximum atomic E-state index is 11.8. The van der Waals surface area contributed by atoms with Gasteiger partial charge in [-0.15, -0.1) is 0 Å². The Balaban J connectivity index is 1.18. The highest BCUT2D eigenvalue weighted by Crippen LogP contribution is 2.63. The average Bonchev–Trinajstić information content (AvgIpc) is 3.40. The lowest BCUT2D eigenvalue weighted by Gasteiger charge is -2.63. The van der Waals surface area contributed by atoms with E-state index in [2.05, 4.69) is 20.4 Å². The van der Waals surface area contributed by atoms with Gasteiger partial charge in [0.1, 0.15) is 0 Å². The molecule has 2 saturated heterocycles. The Hall–Kier alpha value is -0.950. The van der Waals surface area contributed by atoms with Gasteiger partial charge in [-0.1, -0.05) is 38.8 Å². The Labute approximate surface area is 212 Å². The standard InChI is InChI=1S/C29H48N2O4/c1-20-8-9-24-28(2,23(20)13-17-33-22-11-15-31(16-12-22)26(32)18-30)14-10-25-29(24,3)19-34-27(35-25)21-6-4-5-7-21/h21-25,27H,1,4-19,30H2,2-3H3/t23-,24?,25-,27-,28+,29+/m1/s1.